The minimum Gasteiger partial charge on any atom is -0.456 e. The Hall–Kier alpha value is -2.98. The summed E-state index contributed by atoms with van der Waals surface area (Å²) in [5.74, 6) is 0.909. The van der Waals surface area contributed by atoms with E-state index < -0.39 is 5.60 Å². The van der Waals surface area contributed by atoms with Crippen molar-refractivity contribution in [1.29, 1.82) is 0 Å². The number of rotatable bonds is 1. The van der Waals surface area contributed by atoms with Crippen molar-refractivity contribution in [3.05, 3.63) is 87.9 Å². The Kier molecular flexibility index (Phi) is 3.31. The topological polar surface area (TPSA) is 38.8 Å². The van der Waals surface area contributed by atoms with Gasteiger partial charge in [0.2, 0.25) is 0 Å². The lowest BCUT2D eigenvalue weighted by atomic mass is 9.77. The number of nitrogens with zero attached hydrogens (tertiary/aromatic N) is 1. The van der Waals surface area contributed by atoms with Gasteiger partial charge in [-0.05, 0) is 42.5 Å². The summed E-state index contributed by atoms with van der Waals surface area (Å²) < 4.78 is 12.2. The Morgan fingerprint density at radius 3 is 2.52 bits per heavy atom. The highest BCUT2D eigenvalue weighted by Crippen LogP contribution is 2.56. The Morgan fingerprint density at radius 2 is 1.70 bits per heavy atom. The van der Waals surface area contributed by atoms with Crippen LogP contribution < -0.4 is 9.64 Å². The van der Waals surface area contributed by atoms with Crippen molar-refractivity contribution in [1.82, 2.24) is 0 Å². The van der Waals surface area contributed by atoms with Crippen molar-refractivity contribution < 1.29 is 14.3 Å². The molecule has 4 nitrogen and oxygen atoms in total. The summed E-state index contributed by atoms with van der Waals surface area (Å²) in [7, 11) is 3.95. The van der Waals surface area contributed by atoms with E-state index in [0.29, 0.717) is 22.1 Å². The molecule has 0 saturated heterocycles. The predicted molar refractivity (Wildman–Crippen MR) is 104 cm³/mol. The lowest BCUT2D eigenvalue weighted by molar-refractivity contribution is 0.0224. The number of anilines is 1. The third-order valence-corrected chi connectivity index (χ3v) is 5.41. The number of hydrogen-bond donors (Lipinski definition) is 0. The van der Waals surface area contributed by atoms with E-state index in [1.54, 1.807) is 18.2 Å². The number of ether oxygens (including phenoxy) is 2. The summed E-state index contributed by atoms with van der Waals surface area (Å²) in [6, 6.07) is 18.8. The molecule has 0 aliphatic carbocycles. The first kappa shape index (κ1) is 16.2. The molecule has 5 heteroatoms. The molecule has 0 bridgehead atoms. The number of carbonyl (C=O) groups excluding carboxylic acids is 1. The first-order chi connectivity index (χ1) is 13.0. The van der Waals surface area contributed by atoms with Gasteiger partial charge in [0.05, 0.1) is 5.56 Å². The van der Waals surface area contributed by atoms with Crippen molar-refractivity contribution in [2.75, 3.05) is 19.0 Å². The number of benzene rings is 3. The van der Waals surface area contributed by atoms with Crippen molar-refractivity contribution in [3.63, 3.8) is 0 Å². The van der Waals surface area contributed by atoms with Gasteiger partial charge < -0.3 is 14.4 Å². The number of fused-ring (bicyclic) bond motifs is 6. The summed E-state index contributed by atoms with van der Waals surface area (Å²) in [5, 5.41) is 0.565. The molecule has 2 aliphatic heterocycles. The van der Waals surface area contributed by atoms with Gasteiger partial charge in [-0.2, -0.15) is 0 Å². The van der Waals surface area contributed by atoms with E-state index in [2.05, 4.69) is 0 Å². The van der Waals surface area contributed by atoms with Crippen LogP contribution in [0.25, 0.3) is 0 Å². The molecule has 0 aromatic heterocycles. The van der Waals surface area contributed by atoms with Gasteiger partial charge in [0.25, 0.3) is 0 Å². The standard InChI is InChI=1S/C22H16ClNO3/c1-24(2)14-8-10-19-18(12-14)22(17-9-7-13(23)11-20(17)26-19)16-6-4-3-5-15(16)21(25)27-22/h3-12H,1-2H3. The Balaban J connectivity index is 1.89. The monoisotopic (exact) mass is 377 g/mol. The van der Waals surface area contributed by atoms with Crippen LogP contribution in [0.15, 0.2) is 60.7 Å². The number of halogens is 1. The zero-order valence-corrected chi connectivity index (χ0v) is 15.6. The normalized spacial score (nSPS) is 19.0. The molecule has 0 fully saturated rings. The van der Waals surface area contributed by atoms with Crippen LogP contribution in [0.2, 0.25) is 5.02 Å². The van der Waals surface area contributed by atoms with Crippen molar-refractivity contribution in [2.45, 2.75) is 5.60 Å². The molecule has 1 unspecified atom stereocenters. The van der Waals surface area contributed by atoms with E-state index in [9.17, 15) is 4.79 Å². The number of carbonyl (C=O) groups is 1. The van der Waals surface area contributed by atoms with E-state index in [1.807, 2.05) is 61.5 Å². The van der Waals surface area contributed by atoms with Crippen molar-refractivity contribution in [3.8, 4) is 11.5 Å². The average Bonchev–Trinajstić information content (AvgIpc) is 2.95. The minimum absolute atomic E-state index is 0.338. The third-order valence-electron chi connectivity index (χ3n) is 5.17. The largest absolute Gasteiger partial charge is 0.456 e. The molecule has 2 heterocycles. The van der Waals surface area contributed by atoms with Gasteiger partial charge in [-0.15, -0.1) is 0 Å². The van der Waals surface area contributed by atoms with E-state index in [-0.39, 0.29) is 5.97 Å². The van der Waals surface area contributed by atoms with Crippen LogP contribution in [0, 0.1) is 0 Å². The Labute approximate surface area is 161 Å². The maximum atomic E-state index is 12.7. The van der Waals surface area contributed by atoms with Crippen LogP contribution in [-0.2, 0) is 10.3 Å². The molecule has 3 aromatic carbocycles. The molecule has 1 atom stereocenters. The van der Waals surface area contributed by atoms with E-state index >= 15 is 0 Å². The maximum absolute atomic E-state index is 12.7. The van der Waals surface area contributed by atoms with Crippen LogP contribution in [0.5, 0.6) is 11.5 Å². The third kappa shape index (κ3) is 2.14. The fraction of sp³-hybridized carbons (Fsp3) is 0.136. The van der Waals surface area contributed by atoms with E-state index in [4.69, 9.17) is 21.1 Å². The smallest absolute Gasteiger partial charge is 0.340 e. The molecule has 2 aliphatic rings. The lowest BCUT2D eigenvalue weighted by Gasteiger charge is -2.37. The van der Waals surface area contributed by atoms with Gasteiger partial charge in [-0.25, -0.2) is 4.79 Å². The molecular formula is C22H16ClNO3. The molecule has 134 valence electrons. The summed E-state index contributed by atoms with van der Waals surface area (Å²) in [6.45, 7) is 0. The molecule has 0 N–H and O–H groups in total. The van der Waals surface area contributed by atoms with Crippen molar-refractivity contribution in [2.24, 2.45) is 0 Å². The molecular weight excluding hydrogens is 362 g/mol. The van der Waals surface area contributed by atoms with Gasteiger partial charge in [0.1, 0.15) is 11.5 Å². The fourth-order valence-electron chi connectivity index (χ4n) is 3.91. The average molecular weight is 378 g/mol. The van der Waals surface area contributed by atoms with Crippen molar-refractivity contribution >= 4 is 23.3 Å². The van der Waals surface area contributed by atoms with Gasteiger partial charge in [0, 0.05) is 41.5 Å². The lowest BCUT2D eigenvalue weighted by Crippen LogP contribution is -2.33. The number of hydrogen-bond acceptors (Lipinski definition) is 4. The van der Waals surface area contributed by atoms with E-state index in [1.165, 1.54) is 0 Å². The quantitative estimate of drug-likeness (QED) is 0.561. The van der Waals surface area contributed by atoms with Crippen LogP contribution in [0.1, 0.15) is 27.0 Å². The summed E-state index contributed by atoms with van der Waals surface area (Å²) in [4.78, 5) is 14.8. The molecule has 27 heavy (non-hydrogen) atoms. The highest BCUT2D eigenvalue weighted by molar-refractivity contribution is 6.30. The first-order valence-electron chi connectivity index (χ1n) is 8.63. The summed E-state index contributed by atoms with van der Waals surface area (Å²) >= 11 is 6.20. The van der Waals surface area contributed by atoms with E-state index in [0.717, 1.165) is 22.4 Å². The van der Waals surface area contributed by atoms with Gasteiger partial charge in [-0.1, -0.05) is 29.8 Å². The zero-order chi connectivity index (χ0) is 18.8. The molecule has 5 rings (SSSR count). The SMILES string of the molecule is CN(C)c1ccc2c(c1)C1(OC(=O)c3ccccc31)c1ccc(Cl)cc1O2. The second-order valence-electron chi connectivity index (χ2n) is 6.93. The van der Waals surface area contributed by atoms with Crippen LogP contribution in [-0.4, -0.2) is 20.1 Å². The highest BCUT2D eigenvalue weighted by Gasteiger charge is 2.53. The second kappa shape index (κ2) is 5.51. The molecule has 1 spiro atoms. The Bertz CT molecular complexity index is 1110. The Morgan fingerprint density at radius 1 is 0.889 bits per heavy atom. The molecule has 3 aromatic rings. The van der Waals surface area contributed by atoms with Gasteiger partial charge in [-0.3, -0.25) is 0 Å². The highest BCUT2D eigenvalue weighted by atomic mass is 35.5. The van der Waals surface area contributed by atoms with Gasteiger partial charge in [0.15, 0.2) is 5.60 Å². The summed E-state index contributed by atoms with van der Waals surface area (Å²) in [6.07, 6.45) is 0. The zero-order valence-electron chi connectivity index (χ0n) is 14.8. The molecule has 0 radical (unpaired) electrons. The van der Waals surface area contributed by atoms with Crippen LogP contribution in [0.3, 0.4) is 0 Å². The first-order valence-corrected chi connectivity index (χ1v) is 9.01. The molecule has 0 saturated carbocycles. The van der Waals surface area contributed by atoms with Crippen LogP contribution >= 0.6 is 11.6 Å². The molecule has 0 amide bonds. The predicted octanol–water partition coefficient (Wildman–Crippen LogP) is 4.97. The van der Waals surface area contributed by atoms with Crippen LogP contribution in [0.4, 0.5) is 5.69 Å². The summed E-state index contributed by atoms with van der Waals surface area (Å²) in [5.41, 5.74) is 2.92. The maximum Gasteiger partial charge on any atom is 0.340 e. The fourth-order valence-corrected chi connectivity index (χ4v) is 4.07. The minimum atomic E-state index is -1.05. The number of esters is 1. The van der Waals surface area contributed by atoms with Gasteiger partial charge >= 0.3 is 5.97 Å². The second-order valence-corrected chi connectivity index (χ2v) is 7.37.